The second-order valence-corrected chi connectivity index (χ2v) is 7.74. The summed E-state index contributed by atoms with van der Waals surface area (Å²) >= 11 is 16.3. The van der Waals surface area contributed by atoms with Crippen LogP contribution in [0.25, 0.3) is 0 Å². The van der Waals surface area contributed by atoms with Gasteiger partial charge >= 0.3 is 18.1 Å². The van der Waals surface area contributed by atoms with E-state index in [9.17, 15) is 22.8 Å². The fourth-order valence-electron chi connectivity index (χ4n) is 1.71. The van der Waals surface area contributed by atoms with Gasteiger partial charge in [-0.25, -0.2) is 4.79 Å². The molecule has 0 saturated heterocycles. The summed E-state index contributed by atoms with van der Waals surface area (Å²) in [4.78, 5) is 23.4. The smallest absolute Gasteiger partial charge is 0.416 e. The van der Waals surface area contributed by atoms with Gasteiger partial charge in [0.05, 0.1) is 12.0 Å². The molecule has 0 aliphatic rings. The van der Waals surface area contributed by atoms with Crippen LogP contribution in [0.3, 0.4) is 0 Å². The molecule has 0 heterocycles. The molecule has 0 fully saturated rings. The lowest BCUT2D eigenvalue weighted by atomic mass is 10.1. The number of carbonyl (C=O) groups is 2. The first-order valence-electron chi connectivity index (χ1n) is 7.08. The lowest BCUT2D eigenvalue weighted by Gasteiger charge is -2.16. The zero-order chi connectivity index (χ0) is 20.1. The summed E-state index contributed by atoms with van der Waals surface area (Å²) in [6.45, 7) is 4.38. The van der Waals surface area contributed by atoms with E-state index in [-0.39, 0.29) is 5.57 Å². The van der Waals surface area contributed by atoms with Crippen LogP contribution in [0.1, 0.15) is 30.6 Å². The summed E-state index contributed by atoms with van der Waals surface area (Å²) in [6.07, 6.45) is -5.79. The number of hydrogen-bond acceptors (Lipinski definition) is 4. The molecule has 10 heteroatoms. The molecule has 0 bridgehead atoms. The van der Waals surface area contributed by atoms with Crippen LogP contribution in [0, 0.1) is 0 Å². The minimum Gasteiger partial charge on any atom is -0.461 e. The third-order valence-corrected chi connectivity index (χ3v) is 3.36. The second kappa shape index (κ2) is 8.97. The highest BCUT2D eigenvalue weighted by Gasteiger charge is 2.30. The van der Waals surface area contributed by atoms with Crippen molar-refractivity contribution in [2.75, 3.05) is 6.61 Å². The van der Waals surface area contributed by atoms with E-state index in [0.29, 0.717) is 5.56 Å². The number of halogens is 6. The van der Waals surface area contributed by atoms with Gasteiger partial charge in [-0.2, -0.15) is 13.2 Å². The Morgan fingerprint density at radius 1 is 1.15 bits per heavy atom. The Labute approximate surface area is 162 Å². The molecule has 0 aromatic heterocycles. The van der Waals surface area contributed by atoms with E-state index in [1.165, 1.54) is 19.1 Å². The van der Waals surface area contributed by atoms with Gasteiger partial charge in [0.2, 0.25) is 3.79 Å². The zero-order valence-electron chi connectivity index (χ0n) is 13.4. The van der Waals surface area contributed by atoms with Crippen LogP contribution < -0.4 is 0 Å². The number of hydrogen-bond donors (Lipinski definition) is 0. The van der Waals surface area contributed by atoms with Gasteiger partial charge in [0.15, 0.2) is 0 Å². The van der Waals surface area contributed by atoms with Gasteiger partial charge < -0.3 is 9.47 Å². The average molecular weight is 434 g/mol. The number of rotatable bonds is 6. The largest absolute Gasteiger partial charge is 0.461 e. The molecule has 0 N–H and O–H groups in total. The zero-order valence-corrected chi connectivity index (χ0v) is 15.7. The minimum atomic E-state index is -4.46. The molecule has 0 amide bonds. The molecular weight excluding hydrogens is 420 g/mol. The summed E-state index contributed by atoms with van der Waals surface area (Å²) in [5.41, 5.74) is -0.683. The van der Waals surface area contributed by atoms with Gasteiger partial charge in [0.25, 0.3) is 0 Å². The Bertz CT molecular complexity index is 667. The van der Waals surface area contributed by atoms with Crippen molar-refractivity contribution in [1.29, 1.82) is 0 Å². The van der Waals surface area contributed by atoms with Crippen molar-refractivity contribution in [2.24, 2.45) is 0 Å². The van der Waals surface area contributed by atoms with Crippen LogP contribution in [0.2, 0.25) is 0 Å². The molecule has 0 saturated carbocycles. The summed E-state index contributed by atoms with van der Waals surface area (Å²) in [5, 5.41) is 0. The van der Waals surface area contributed by atoms with E-state index in [1.807, 2.05) is 0 Å². The molecule has 0 unspecified atom stereocenters. The van der Waals surface area contributed by atoms with Crippen molar-refractivity contribution >= 4 is 46.7 Å². The van der Waals surface area contributed by atoms with Crippen LogP contribution in [0.15, 0.2) is 36.4 Å². The minimum absolute atomic E-state index is 0.210. The second-order valence-electron chi connectivity index (χ2n) is 5.22. The van der Waals surface area contributed by atoms with Crippen LogP contribution in [-0.4, -0.2) is 22.3 Å². The normalized spacial score (nSPS) is 13.0. The lowest BCUT2D eigenvalue weighted by molar-refractivity contribution is -0.148. The SMILES string of the molecule is C=C(CC(=O)OCC(Cl)(Cl)Cl)C(=O)O[C@@H](C)c1ccc(C(F)(F)F)cc1. The molecule has 4 nitrogen and oxygen atoms in total. The van der Waals surface area contributed by atoms with E-state index >= 15 is 0 Å². The molecule has 0 spiro atoms. The van der Waals surface area contributed by atoms with Crippen molar-refractivity contribution in [1.82, 2.24) is 0 Å². The highest BCUT2D eigenvalue weighted by atomic mass is 35.6. The topological polar surface area (TPSA) is 52.6 Å². The van der Waals surface area contributed by atoms with Crippen molar-refractivity contribution in [3.8, 4) is 0 Å². The predicted molar refractivity (Wildman–Crippen MR) is 91.0 cm³/mol. The molecule has 0 aliphatic carbocycles. The van der Waals surface area contributed by atoms with Gasteiger partial charge in [0, 0.05) is 5.57 Å². The molecule has 1 aromatic carbocycles. The monoisotopic (exact) mass is 432 g/mol. The maximum atomic E-state index is 12.5. The van der Waals surface area contributed by atoms with Crippen LogP contribution in [0.4, 0.5) is 13.2 Å². The van der Waals surface area contributed by atoms with Crippen molar-refractivity contribution in [2.45, 2.75) is 29.4 Å². The van der Waals surface area contributed by atoms with Crippen LogP contribution in [0.5, 0.6) is 0 Å². The summed E-state index contributed by atoms with van der Waals surface area (Å²) in [7, 11) is 0. The Balaban J connectivity index is 2.58. The quantitative estimate of drug-likeness (QED) is 0.353. The van der Waals surface area contributed by atoms with E-state index in [0.717, 1.165) is 12.1 Å². The van der Waals surface area contributed by atoms with Gasteiger partial charge in [-0.3, -0.25) is 4.79 Å². The van der Waals surface area contributed by atoms with Gasteiger partial charge in [-0.05, 0) is 24.6 Å². The highest BCUT2D eigenvalue weighted by molar-refractivity contribution is 6.67. The van der Waals surface area contributed by atoms with Gasteiger partial charge in [0.1, 0.15) is 12.7 Å². The maximum absolute atomic E-state index is 12.5. The summed E-state index contributed by atoms with van der Waals surface area (Å²) < 4.78 is 45.5. The molecule has 1 rings (SSSR count). The van der Waals surface area contributed by atoms with E-state index in [4.69, 9.17) is 39.5 Å². The van der Waals surface area contributed by atoms with E-state index < -0.39 is 46.6 Å². The van der Waals surface area contributed by atoms with E-state index in [1.54, 1.807) is 0 Å². The number of alkyl halides is 6. The summed E-state index contributed by atoms with van der Waals surface area (Å²) in [5.74, 6) is -1.75. The molecule has 0 aliphatic heterocycles. The number of ether oxygens (including phenoxy) is 2. The van der Waals surface area contributed by atoms with Crippen LogP contribution in [-0.2, 0) is 25.2 Å². The fourth-order valence-corrected chi connectivity index (χ4v) is 1.88. The van der Waals surface area contributed by atoms with E-state index in [2.05, 4.69) is 11.3 Å². The first-order chi connectivity index (χ1) is 11.8. The third kappa shape index (κ3) is 7.85. The molecule has 1 aromatic rings. The molecule has 26 heavy (non-hydrogen) atoms. The molecule has 144 valence electrons. The number of esters is 2. The predicted octanol–water partition coefficient (Wildman–Crippen LogP) is 5.17. The summed E-state index contributed by atoms with van der Waals surface area (Å²) in [6, 6.07) is 4.14. The first-order valence-corrected chi connectivity index (χ1v) is 8.21. The number of carbonyl (C=O) groups excluding carboxylic acids is 2. The standard InChI is InChI=1S/C16H14Cl3F3O4/c1-9(7-13(23)25-8-15(17,18)19)14(24)26-10(2)11-3-5-12(6-4-11)16(20,21)22/h3-6,10H,1,7-8H2,2H3/t10-/m0/s1. The van der Waals surface area contributed by atoms with Crippen molar-refractivity contribution in [3.05, 3.63) is 47.5 Å². The van der Waals surface area contributed by atoms with Gasteiger partial charge in [-0.1, -0.05) is 53.5 Å². The first kappa shape index (κ1) is 22.6. The molecular formula is C16H14Cl3F3O4. The molecule has 0 radical (unpaired) electrons. The third-order valence-electron chi connectivity index (χ3n) is 3.03. The maximum Gasteiger partial charge on any atom is 0.416 e. The van der Waals surface area contributed by atoms with Crippen molar-refractivity contribution < 1.29 is 32.2 Å². The lowest BCUT2D eigenvalue weighted by Crippen LogP contribution is -2.19. The van der Waals surface area contributed by atoms with Crippen molar-refractivity contribution in [3.63, 3.8) is 0 Å². The Morgan fingerprint density at radius 2 is 1.69 bits per heavy atom. The fraction of sp³-hybridized carbons (Fsp3) is 0.375. The Hall–Kier alpha value is -1.44. The average Bonchev–Trinajstić information content (AvgIpc) is 2.51. The highest BCUT2D eigenvalue weighted by Crippen LogP contribution is 2.30. The molecule has 1 atom stereocenters. The Kier molecular flexibility index (Phi) is 7.80. The van der Waals surface area contributed by atoms with Crippen LogP contribution >= 0.6 is 34.8 Å². The number of benzene rings is 1. The van der Waals surface area contributed by atoms with Gasteiger partial charge in [-0.15, -0.1) is 0 Å². The Morgan fingerprint density at radius 3 is 2.15 bits per heavy atom.